The molecular formula is C29H21BrN2O7. The molecule has 2 aromatic rings. The van der Waals surface area contributed by atoms with E-state index in [4.69, 9.17) is 0 Å². The number of nitro groups is 1. The fraction of sp³-hybridized carbons (Fsp3) is 0.241. The van der Waals surface area contributed by atoms with Crippen LogP contribution in [0.3, 0.4) is 0 Å². The number of imide groups is 1. The average molecular weight is 589 g/mol. The molecule has 2 amide bonds. The fourth-order valence-corrected chi connectivity index (χ4v) is 6.89. The monoisotopic (exact) mass is 588 g/mol. The number of benzene rings is 2. The van der Waals surface area contributed by atoms with E-state index in [0.29, 0.717) is 22.3 Å². The summed E-state index contributed by atoms with van der Waals surface area (Å²) in [5, 5.41) is 21.4. The van der Waals surface area contributed by atoms with E-state index >= 15 is 0 Å². The third kappa shape index (κ3) is 3.73. The van der Waals surface area contributed by atoms with Crippen LogP contribution in [0.25, 0.3) is 0 Å². The van der Waals surface area contributed by atoms with E-state index in [0.717, 1.165) is 10.5 Å². The number of hydrogen-bond acceptors (Lipinski definition) is 7. The lowest BCUT2D eigenvalue weighted by molar-refractivity contribution is -0.384. The standard InChI is InChI=1S/C29H21BrN2O7/c1-13-9-14(5-8-22(13)33)24-17-6-7-18-25(19(17)11-20-26(24)23(34)12-21(30)27(20)35)29(37)31(28(18)36)15-3-2-4-16(10-15)32(38)39/h2-6,8-10,12,18-19,24-25,33H,7,11H2,1H3. The van der Waals surface area contributed by atoms with Gasteiger partial charge in [0.25, 0.3) is 5.69 Å². The molecule has 0 aromatic heterocycles. The van der Waals surface area contributed by atoms with Crippen LogP contribution >= 0.6 is 15.9 Å². The third-order valence-electron chi connectivity index (χ3n) is 8.18. The first-order valence-corrected chi connectivity index (χ1v) is 13.2. The number of rotatable bonds is 3. The Morgan fingerprint density at radius 2 is 1.82 bits per heavy atom. The van der Waals surface area contributed by atoms with Gasteiger partial charge in [0.05, 0.1) is 26.9 Å². The van der Waals surface area contributed by atoms with E-state index in [9.17, 15) is 34.4 Å². The number of aromatic hydroxyl groups is 1. The second-order valence-electron chi connectivity index (χ2n) is 10.2. The first kappa shape index (κ1) is 25.1. The summed E-state index contributed by atoms with van der Waals surface area (Å²) in [5.41, 5.74) is 2.64. The Labute approximate surface area is 230 Å². The van der Waals surface area contributed by atoms with Gasteiger partial charge in [0, 0.05) is 35.3 Å². The zero-order valence-electron chi connectivity index (χ0n) is 20.6. The number of amides is 2. The van der Waals surface area contributed by atoms with Crippen molar-refractivity contribution >= 4 is 50.7 Å². The molecule has 1 aliphatic heterocycles. The lowest BCUT2D eigenvalue weighted by Crippen LogP contribution is -2.39. The summed E-state index contributed by atoms with van der Waals surface area (Å²) in [5.74, 6) is -4.10. The number of hydrogen-bond donors (Lipinski definition) is 1. The van der Waals surface area contributed by atoms with Crippen molar-refractivity contribution in [2.75, 3.05) is 4.90 Å². The maximum absolute atomic E-state index is 13.9. The van der Waals surface area contributed by atoms with Crippen LogP contribution in [0.5, 0.6) is 5.75 Å². The average Bonchev–Trinajstić information content (AvgIpc) is 3.17. The molecule has 4 unspecified atom stereocenters. The summed E-state index contributed by atoms with van der Waals surface area (Å²) < 4.78 is 0.138. The molecule has 1 fully saturated rings. The zero-order chi connectivity index (χ0) is 27.7. The van der Waals surface area contributed by atoms with E-state index in [-0.39, 0.29) is 46.0 Å². The van der Waals surface area contributed by atoms with Crippen molar-refractivity contribution in [3.63, 3.8) is 0 Å². The Hall–Kier alpha value is -4.18. The number of fused-ring (bicyclic) bond motifs is 3. The number of non-ortho nitro benzene ring substituents is 1. The maximum Gasteiger partial charge on any atom is 0.271 e. The highest BCUT2D eigenvalue weighted by molar-refractivity contribution is 9.12. The highest BCUT2D eigenvalue weighted by Gasteiger charge is 2.56. The third-order valence-corrected chi connectivity index (χ3v) is 8.77. The number of nitro benzene ring substituents is 1. The number of aryl methyl sites for hydroxylation is 1. The molecule has 0 saturated carbocycles. The van der Waals surface area contributed by atoms with Crippen molar-refractivity contribution in [2.24, 2.45) is 17.8 Å². The first-order valence-electron chi connectivity index (χ1n) is 12.4. The smallest absolute Gasteiger partial charge is 0.271 e. The quantitative estimate of drug-likeness (QED) is 0.182. The van der Waals surface area contributed by atoms with Crippen LogP contribution in [0.15, 0.2) is 75.8 Å². The van der Waals surface area contributed by atoms with Gasteiger partial charge in [-0.15, -0.1) is 0 Å². The molecule has 1 N–H and O–H groups in total. The molecule has 0 radical (unpaired) electrons. The highest BCUT2D eigenvalue weighted by Crippen LogP contribution is 2.55. The van der Waals surface area contributed by atoms with Gasteiger partial charge in [-0.2, -0.15) is 0 Å². The molecule has 4 aliphatic rings. The topological polar surface area (TPSA) is 135 Å². The van der Waals surface area contributed by atoms with Crippen LogP contribution in [0.2, 0.25) is 0 Å². The van der Waals surface area contributed by atoms with Crippen molar-refractivity contribution in [3.05, 3.63) is 97.1 Å². The summed E-state index contributed by atoms with van der Waals surface area (Å²) in [7, 11) is 0. The van der Waals surface area contributed by atoms with Crippen molar-refractivity contribution < 1.29 is 29.2 Å². The molecule has 39 heavy (non-hydrogen) atoms. The van der Waals surface area contributed by atoms with E-state index < -0.39 is 40.4 Å². The molecule has 3 aliphatic carbocycles. The van der Waals surface area contributed by atoms with Crippen LogP contribution < -0.4 is 4.90 Å². The van der Waals surface area contributed by atoms with Crippen molar-refractivity contribution in [1.82, 2.24) is 0 Å². The Balaban J connectivity index is 1.48. The van der Waals surface area contributed by atoms with Crippen LogP contribution in [-0.2, 0) is 19.2 Å². The molecule has 10 heteroatoms. The molecule has 2 aromatic carbocycles. The molecular weight excluding hydrogens is 568 g/mol. The Bertz CT molecular complexity index is 1640. The summed E-state index contributed by atoms with van der Waals surface area (Å²) in [6.45, 7) is 1.74. The lowest BCUT2D eigenvalue weighted by atomic mass is 9.59. The predicted octanol–water partition coefficient (Wildman–Crippen LogP) is 4.58. The summed E-state index contributed by atoms with van der Waals surface area (Å²) in [6, 6.07) is 10.4. The van der Waals surface area contributed by atoms with Crippen molar-refractivity contribution in [2.45, 2.75) is 25.7 Å². The molecule has 1 saturated heterocycles. The number of Topliss-reactive ketones (excluding diaryl/α,β-unsaturated/α-hetero) is 1. The van der Waals surface area contributed by atoms with Gasteiger partial charge in [-0.3, -0.25) is 29.3 Å². The second-order valence-corrected chi connectivity index (χ2v) is 11.1. The maximum atomic E-state index is 13.9. The van der Waals surface area contributed by atoms with Crippen LogP contribution in [0.1, 0.15) is 29.9 Å². The molecule has 6 rings (SSSR count). The van der Waals surface area contributed by atoms with Gasteiger partial charge in [0.2, 0.25) is 11.8 Å². The summed E-state index contributed by atoms with van der Waals surface area (Å²) in [6.07, 6.45) is 3.54. The second kappa shape index (κ2) is 8.94. The molecule has 0 bridgehead atoms. The van der Waals surface area contributed by atoms with Gasteiger partial charge in [0.15, 0.2) is 11.6 Å². The minimum Gasteiger partial charge on any atom is -0.508 e. The first-order chi connectivity index (χ1) is 18.6. The van der Waals surface area contributed by atoms with Gasteiger partial charge in [-0.05, 0) is 64.9 Å². The number of allylic oxidation sites excluding steroid dienone is 6. The van der Waals surface area contributed by atoms with E-state index in [1.54, 1.807) is 19.1 Å². The van der Waals surface area contributed by atoms with E-state index in [1.807, 2.05) is 6.08 Å². The number of nitrogens with zero attached hydrogens (tertiary/aromatic N) is 2. The molecule has 196 valence electrons. The number of halogens is 1. The number of carbonyl (C=O) groups is 4. The highest BCUT2D eigenvalue weighted by atomic mass is 79.9. The number of carbonyl (C=O) groups excluding carboxylic acids is 4. The van der Waals surface area contributed by atoms with Crippen molar-refractivity contribution in [1.29, 1.82) is 0 Å². The minimum absolute atomic E-state index is 0.0934. The number of phenols is 1. The Morgan fingerprint density at radius 3 is 2.54 bits per heavy atom. The predicted molar refractivity (Wildman–Crippen MR) is 143 cm³/mol. The summed E-state index contributed by atoms with van der Waals surface area (Å²) in [4.78, 5) is 65.7. The Kier molecular flexibility index (Phi) is 5.76. The van der Waals surface area contributed by atoms with Crippen LogP contribution in [0.4, 0.5) is 11.4 Å². The SMILES string of the molecule is Cc1cc(C2C3=CCC4C(=O)N(c5cccc([N+](=O)[O-])c5)C(=O)C4C3CC3=C2C(=O)C=C(Br)C3=O)ccc1O. The molecule has 0 spiro atoms. The van der Waals surface area contributed by atoms with Gasteiger partial charge in [0.1, 0.15) is 5.75 Å². The molecule has 4 atom stereocenters. The van der Waals surface area contributed by atoms with Gasteiger partial charge >= 0.3 is 0 Å². The minimum atomic E-state index is -0.792. The van der Waals surface area contributed by atoms with E-state index in [2.05, 4.69) is 15.9 Å². The van der Waals surface area contributed by atoms with E-state index in [1.165, 1.54) is 36.4 Å². The largest absolute Gasteiger partial charge is 0.508 e. The molecule has 9 nitrogen and oxygen atoms in total. The Morgan fingerprint density at radius 1 is 1.05 bits per heavy atom. The number of anilines is 1. The van der Waals surface area contributed by atoms with Crippen LogP contribution in [-0.4, -0.2) is 33.4 Å². The number of ketones is 2. The van der Waals surface area contributed by atoms with Crippen LogP contribution in [0, 0.1) is 34.8 Å². The number of phenolic OH excluding ortho intramolecular Hbond substituents is 1. The van der Waals surface area contributed by atoms with Gasteiger partial charge < -0.3 is 5.11 Å². The van der Waals surface area contributed by atoms with Crippen molar-refractivity contribution in [3.8, 4) is 5.75 Å². The zero-order valence-corrected chi connectivity index (χ0v) is 22.2. The lowest BCUT2D eigenvalue weighted by Gasteiger charge is -2.42. The van der Waals surface area contributed by atoms with Gasteiger partial charge in [-0.25, -0.2) is 4.90 Å². The molecule has 1 heterocycles. The normalized spacial score (nSPS) is 26.2. The van der Waals surface area contributed by atoms with Gasteiger partial charge in [-0.1, -0.05) is 29.8 Å². The fourth-order valence-electron chi connectivity index (χ4n) is 6.44. The summed E-state index contributed by atoms with van der Waals surface area (Å²) >= 11 is 3.20.